The second-order valence-electron chi connectivity index (χ2n) is 4.12. The van der Waals surface area contributed by atoms with Crippen molar-refractivity contribution < 1.29 is 4.39 Å². The van der Waals surface area contributed by atoms with Crippen LogP contribution in [0.3, 0.4) is 0 Å². The van der Waals surface area contributed by atoms with E-state index in [0.717, 1.165) is 17.8 Å². The number of nitrogens with zero attached hydrogens (tertiary/aromatic N) is 2. The molecule has 2 aromatic rings. The standard InChI is InChI=1S/C13H15ClFN3/c1-3-18-8-11(7-16-18)17-9(2)10-4-5-12(14)13(15)6-10/h4-9,17H,3H2,1-2H3. The van der Waals surface area contributed by atoms with Crippen LogP contribution in [0.4, 0.5) is 10.1 Å². The van der Waals surface area contributed by atoms with Crippen LogP contribution in [0.2, 0.25) is 5.02 Å². The number of hydrogen-bond donors (Lipinski definition) is 1. The number of nitrogens with one attached hydrogen (secondary N) is 1. The van der Waals surface area contributed by atoms with Gasteiger partial charge in [0.05, 0.1) is 16.9 Å². The first-order valence-corrected chi connectivity index (χ1v) is 6.22. The number of benzene rings is 1. The molecule has 0 amide bonds. The molecule has 0 fully saturated rings. The summed E-state index contributed by atoms with van der Waals surface area (Å²) in [6, 6.07) is 4.82. The van der Waals surface area contributed by atoms with Crippen molar-refractivity contribution in [2.24, 2.45) is 0 Å². The first-order valence-electron chi connectivity index (χ1n) is 5.84. The minimum atomic E-state index is -0.396. The average molecular weight is 268 g/mol. The summed E-state index contributed by atoms with van der Waals surface area (Å²) in [6.45, 7) is 4.81. The Morgan fingerprint density at radius 2 is 2.28 bits per heavy atom. The van der Waals surface area contributed by atoms with E-state index >= 15 is 0 Å². The lowest BCUT2D eigenvalue weighted by Crippen LogP contribution is -2.06. The van der Waals surface area contributed by atoms with E-state index in [1.165, 1.54) is 6.07 Å². The van der Waals surface area contributed by atoms with E-state index in [-0.39, 0.29) is 11.1 Å². The van der Waals surface area contributed by atoms with E-state index in [2.05, 4.69) is 10.4 Å². The number of rotatable bonds is 4. The highest BCUT2D eigenvalue weighted by Gasteiger charge is 2.09. The predicted molar refractivity (Wildman–Crippen MR) is 71.3 cm³/mol. The van der Waals surface area contributed by atoms with E-state index in [4.69, 9.17) is 11.6 Å². The van der Waals surface area contributed by atoms with Gasteiger partial charge in [0.1, 0.15) is 5.82 Å². The van der Waals surface area contributed by atoms with Crippen molar-refractivity contribution in [1.29, 1.82) is 0 Å². The van der Waals surface area contributed by atoms with Gasteiger partial charge in [0.2, 0.25) is 0 Å². The summed E-state index contributed by atoms with van der Waals surface area (Å²) in [6.07, 6.45) is 3.68. The van der Waals surface area contributed by atoms with Crippen molar-refractivity contribution in [2.75, 3.05) is 5.32 Å². The van der Waals surface area contributed by atoms with Gasteiger partial charge in [-0.3, -0.25) is 4.68 Å². The molecule has 0 spiro atoms. The molecular formula is C13H15ClFN3. The van der Waals surface area contributed by atoms with Gasteiger partial charge in [0, 0.05) is 18.8 Å². The monoisotopic (exact) mass is 267 g/mol. The molecule has 1 heterocycles. The molecule has 0 saturated heterocycles. The van der Waals surface area contributed by atoms with Crippen LogP contribution in [0, 0.1) is 5.82 Å². The molecule has 5 heteroatoms. The maximum absolute atomic E-state index is 13.4. The Balaban J connectivity index is 2.11. The van der Waals surface area contributed by atoms with Crippen LogP contribution in [0.1, 0.15) is 25.5 Å². The Morgan fingerprint density at radius 3 is 2.89 bits per heavy atom. The molecule has 1 unspecified atom stereocenters. The molecule has 0 bridgehead atoms. The second-order valence-corrected chi connectivity index (χ2v) is 4.53. The first-order chi connectivity index (χ1) is 8.60. The third kappa shape index (κ3) is 2.82. The molecular weight excluding hydrogens is 253 g/mol. The van der Waals surface area contributed by atoms with E-state index in [9.17, 15) is 4.39 Å². The summed E-state index contributed by atoms with van der Waals surface area (Å²) >= 11 is 5.66. The van der Waals surface area contributed by atoms with Crippen molar-refractivity contribution in [3.63, 3.8) is 0 Å². The average Bonchev–Trinajstić information content (AvgIpc) is 2.80. The molecule has 3 nitrogen and oxygen atoms in total. The fourth-order valence-corrected chi connectivity index (χ4v) is 1.84. The summed E-state index contributed by atoms with van der Waals surface area (Å²) in [5.41, 5.74) is 1.76. The smallest absolute Gasteiger partial charge is 0.142 e. The fraction of sp³-hybridized carbons (Fsp3) is 0.308. The quantitative estimate of drug-likeness (QED) is 0.911. The Kier molecular flexibility index (Phi) is 3.87. The summed E-state index contributed by atoms with van der Waals surface area (Å²) < 4.78 is 15.2. The minimum absolute atomic E-state index is 0.00808. The van der Waals surface area contributed by atoms with Crippen LogP contribution >= 0.6 is 11.6 Å². The fourth-order valence-electron chi connectivity index (χ4n) is 1.73. The van der Waals surface area contributed by atoms with Gasteiger partial charge in [-0.05, 0) is 31.5 Å². The maximum atomic E-state index is 13.4. The molecule has 1 N–H and O–H groups in total. The van der Waals surface area contributed by atoms with Crippen molar-refractivity contribution in [1.82, 2.24) is 9.78 Å². The third-order valence-electron chi connectivity index (χ3n) is 2.78. The zero-order valence-electron chi connectivity index (χ0n) is 10.3. The number of anilines is 1. The molecule has 1 atom stereocenters. The molecule has 1 aromatic heterocycles. The van der Waals surface area contributed by atoms with Gasteiger partial charge < -0.3 is 5.32 Å². The van der Waals surface area contributed by atoms with Crippen LogP contribution in [0.5, 0.6) is 0 Å². The SMILES string of the molecule is CCn1cc(NC(C)c2ccc(Cl)c(F)c2)cn1. The third-order valence-corrected chi connectivity index (χ3v) is 3.09. The number of aryl methyl sites for hydroxylation is 1. The molecule has 0 aliphatic carbocycles. The summed E-state index contributed by atoms with van der Waals surface area (Å²) in [5, 5.41) is 7.58. The van der Waals surface area contributed by atoms with E-state index in [1.807, 2.05) is 30.8 Å². The number of hydrogen-bond acceptors (Lipinski definition) is 2. The van der Waals surface area contributed by atoms with E-state index < -0.39 is 5.82 Å². The van der Waals surface area contributed by atoms with E-state index in [0.29, 0.717) is 0 Å². The topological polar surface area (TPSA) is 29.9 Å². The highest BCUT2D eigenvalue weighted by Crippen LogP contribution is 2.22. The molecule has 0 saturated carbocycles. The number of aromatic nitrogens is 2. The lowest BCUT2D eigenvalue weighted by atomic mass is 10.1. The van der Waals surface area contributed by atoms with Crippen molar-refractivity contribution in [3.8, 4) is 0 Å². The van der Waals surface area contributed by atoms with Crippen LogP contribution in [-0.4, -0.2) is 9.78 Å². The molecule has 1 aromatic carbocycles. The summed E-state index contributed by atoms with van der Waals surface area (Å²) in [7, 11) is 0. The highest BCUT2D eigenvalue weighted by atomic mass is 35.5. The normalized spacial score (nSPS) is 12.4. The zero-order chi connectivity index (χ0) is 13.1. The van der Waals surface area contributed by atoms with E-state index in [1.54, 1.807) is 12.3 Å². The lowest BCUT2D eigenvalue weighted by Gasteiger charge is -2.14. The van der Waals surface area contributed by atoms with Crippen molar-refractivity contribution >= 4 is 17.3 Å². The van der Waals surface area contributed by atoms with Gasteiger partial charge in [-0.25, -0.2) is 4.39 Å². The molecule has 0 radical (unpaired) electrons. The van der Waals surface area contributed by atoms with Gasteiger partial charge >= 0.3 is 0 Å². The lowest BCUT2D eigenvalue weighted by molar-refractivity contribution is 0.624. The first kappa shape index (κ1) is 12.9. The summed E-state index contributed by atoms with van der Waals surface area (Å²) in [4.78, 5) is 0. The number of halogens is 2. The molecule has 0 aliphatic rings. The second kappa shape index (κ2) is 5.40. The summed E-state index contributed by atoms with van der Waals surface area (Å²) in [5.74, 6) is -0.396. The largest absolute Gasteiger partial charge is 0.376 e. The zero-order valence-corrected chi connectivity index (χ0v) is 11.1. The van der Waals surface area contributed by atoms with Gasteiger partial charge in [0.15, 0.2) is 0 Å². The Labute approximate surface area is 111 Å². The maximum Gasteiger partial charge on any atom is 0.142 e. The van der Waals surface area contributed by atoms with Gasteiger partial charge in [-0.15, -0.1) is 0 Å². The molecule has 18 heavy (non-hydrogen) atoms. The molecule has 0 aliphatic heterocycles. The van der Waals surface area contributed by atoms with Crippen LogP contribution in [0.15, 0.2) is 30.6 Å². The van der Waals surface area contributed by atoms with Gasteiger partial charge in [-0.1, -0.05) is 17.7 Å². The van der Waals surface area contributed by atoms with Crippen molar-refractivity contribution in [3.05, 3.63) is 47.0 Å². The Hall–Kier alpha value is -1.55. The van der Waals surface area contributed by atoms with Crippen LogP contribution < -0.4 is 5.32 Å². The highest BCUT2D eigenvalue weighted by molar-refractivity contribution is 6.30. The minimum Gasteiger partial charge on any atom is -0.376 e. The van der Waals surface area contributed by atoms with Gasteiger partial charge in [0.25, 0.3) is 0 Å². The molecule has 2 rings (SSSR count). The molecule has 96 valence electrons. The van der Waals surface area contributed by atoms with Gasteiger partial charge in [-0.2, -0.15) is 5.10 Å². The Bertz CT molecular complexity index is 539. The van der Waals surface area contributed by atoms with Crippen LogP contribution in [0.25, 0.3) is 0 Å². The van der Waals surface area contributed by atoms with Crippen LogP contribution in [-0.2, 0) is 6.54 Å². The Morgan fingerprint density at radius 1 is 1.50 bits per heavy atom. The predicted octanol–water partition coefficient (Wildman–Crippen LogP) is 3.87. The van der Waals surface area contributed by atoms with Crippen molar-refractivity contribution in [2.45, 2.75) is 26.4 Å².